The number of hydrogen-bond acceptors (Lipinski definition) is 7. The fourth-order valence-corrected chi connectivity index (χ4v) is 4.69. The Balaban J connectivity index is 1.62. The molecule has 4 aromatic rings. The monoisotopic (exact) mass is 407 g/mol. The summed E-state index contributed by atoms with van der Waals surface area (Å²) in [4.78, 5) is 32.5. The van der Waals surface area contributed by atoms with Gasteiger partial charge in [-0.2, -0.15) is 0 Å². The van der Waals surface area contributed by atoms with Gasteiger partial charge in [-0.1, -0.05) is 54.2 Å². The van der Waals surface area contributed by atoms with Gasteiger partial charge in [0.25, 0.3) is 5.69 Å². The van der Waals surface area contributed by atoms with Gasteiger partial charge in [-0.05, 0) is 5.56 Å². The van der Waals surface area contributed by atoms with Crippen molar-refractivity contribution in [2.45, 2.75) is 5.03 Å². The van der Waals surface area contributed by atoms with Crippen LogP contribution in [0.4, 0.5) is 5.69 Å². The number of nitro groups is 1. The van der Waals surface area contributed by atoms with E-state index in [0.29, 0.717) is 5.56 Å². The molecule has 0 saturated carbocycles. The number of rotatable bonds is 6. The molecule has 0 saturated heterocycles. The number of thioether (sulfide) groups is 1. The van der Waals surface area contributed by atoms with Crippen LogP contribution in [0.3, 0.4) is 0 Å². The van der Waals surface area contributed by atoms with Crippen LogP contribution in [0.5, 0.6) is 0 Å². The molecule has 2 aromatic carbocycles. The van der Waals surface area contributed by atoms with Gasteiger partial charge in [0.15, 0.2) is 5.78 Å². The molecule has 8 heteroatoms. The number of aromatic nitrogens is 2. The van der Waals surface area contributed by atoms with Crippen LogP contribution < -0.4 is 0 Å². The molecule has 0 spiro atoms. The van der Waals surface area contributed by atoms with Crippen molar-refractivity contribution >= 4 is 44.8 Å². The van der Waals surface area contributed by atoms with Crippen LogP contribution in [-0.4, -0.2) is 26.4 Å². The van der Waals surface area contributed by atoms with Gasteiger partial charge in [-0.25, -0.2) is 9.97 Å². The maximum absolute atomic E-state index is 12.5. The van der Waals surface area contributed by atoms with Gasteiger partial charge in [-0.15, -0.1) is 11.3 Å². The van der Waals surface area contributed by atoms with E-state index in [1.165, 1.54) is 47.6 Å². The van der Waals surface area contributed by atoms with E-state index in [1.54, 1.807) is 6.07 Å². The second kappa shape index (κ2) is 7.87. The van der Waals surface area contributed by atoms with E-state index in [1.807, 2.05) is 35.7 Å². The number of carbonyl (C=O) groups excluding carboxylic acids is 1. The molecular weight excluding hydrogens is 394 g/mol. The molecule has 2 heterocycles. The summed E-state index contributed by atoms with van der Waals surface area (Å²) in [7, 11) is 0. The SMILES string of the molecule is O=C(CSc1ncnc2scc(-c3ccccc3)c12)c1cccc([N+](=O)[O-])c1. The number of hydrogen-bond donors (Lipinski definition) is 0. The van der Waals surface area contributed by atoms with Gasteiger partial charge < -0.3 is 0 Å². The second-order valence-electron chi connectivity index (χ2n) is 5.89. The lowest BCUT2D eigenvalue weighted by molar-refractivity contribution is -0.384. The number of fused-ring (bicyclic) bond motifs is 1. The first-order chi connectivity index (χ1) is 13.6. The molecule has 0 radical (unpaired) electrons. The lowest BCUT2D eigenvalue weighted by Gasteiger charge is -2.05. The number of nitro benzene ring substituents is 1. The summed E-state index contributed by atoms with van der Waals surface area (Å²) >= 11 is 2.85. The predicted octanol–water partition coefficient (Wildman–Crippen LogP) is 5.24. The van der Waals surface area contributed by atoms with Crippen LogP contribution in [-0.2, 0) is 0 Å². The first-order valence-corrected chi connectivity index (χ1v) is 10.2. The molecule has 0 N–H and O–H groups in total. The van der Waals surface area contributed by atoms with E-state index >= 15 is 0 Å². The second-order valence-corrected chi connectivity index (χ2v) is 7.72. The Labute approximate surface area is 168 Å². The summed E-state index contributed by atoms with van der Waals surface area (Å²) in [6.45, 7) is 0. The fraction of sp³-hybridized carbons (Fsp3) is 0.0500. The number of non-ortho nitro benzene ring substituents is 1. The largest absolute Gasteiger partial charge is 0.293 e. The van der Waals surface area contributed by atoms with Crippen molar-refractivity contribution in [2.24, 2.45) is 0 Å². The summed E-state index contributed by atoms with van der Waals surface area (Å²) in [5, 5.41) is 14.6. The van der Waals surface area contributed by atoms with Crippen LogP contribution >= 0.6 is 23.1 Å². The molecule has 6 nitrogen and oxygen atoms in total. The zero-order valence-electron chi connectivity index (χ0n) is 14.4. The van der Waals surface area contributed by atoms with Crippen LogP contribution in [0.1, 0.15) is 10.4 Å². The number of Topliss-reactive ketones (excluding diaryl/α,β-unsaturated/α-hetero) is 1. The number of carbonyl (C=O) groups is 1. The quantitative estimate of drug-likeness (QED) is 0.143. The minimum absolute atomic E-state index is 0.0931. The molecule has 138 valence electrons. The van der Waals surface area contributed by atoms with Gasteiger partial charge in [0, 0.05) is 28.6 Å². The normalized spacial score (nSPS) is 10.9. The van der Waals surface area contributed by atoms with Crippen molar-refractivity contribution in [3.8, 4) is 11.1 Å². The summed E-state index contributed by atoms with van der Waals surface area (Å²) in [5.74, 6) is -0.0471. The Hall–Kier alpha value is -3.10. The summed E-state index contributed by atoms with van der Waals surface area (Å²) in [5.41, 5.74) is 2.33. The summed E-state index contributed by atoms with van der Waals surface area (Å²) in [6.07, 6.45) is 1.49. The maximum Gasteiger partial charge on any atom is 0.270 e. The Morgan fingerprint density at radius 2 is 1.93 bits per heavy atom. The Morgan fingerprint density at radius 3 is 2.71 bits per heavy atom. The molecule has 0 bridgehead atoms. The number of thiophene rings is 1. The third kappa shape index (κ3) is 3.64. The minimum Gasteiger partial charge on any atom is -0.293 e. The van der Waals surface area contributed by atoms with Gasteiger partial charge in [-0.3, -0.25) is 14.9 Å². The van der Waals surface area contributed by atoms with Crippen molar-refractivity contribution in [3.05, 3.63) is 82.0 Å². The predicted molar refractivity (Wildman–Crippen MR) is 111 cm³/mol. The molecule has 28 heavy (non-hydrogen) atoms. The van der Waals surface area contributed by atoms with E-state index in [2.05, 4.69) is 9.97 Å². The molecule has 4 rings (SSSR count). The van der Waals surface area contributed by atoms with Gasteiger partial charge in [0.1, 0.15) is 16.2 Å². The van der Waals surface area contributed by atoms with E-state index in [0.717, 1.165) is 26.4 Å². The van der Waals surface area contributed by atoms with Crippen molar-refractivity contribution in [1.82, 2.24) is 9.97 Å². The van der Waals surface area contributed by atoms with Crippen LogP contribution in [0.15, 0.2) is 71.3 Å². The average Bonchev–Trinajstić information content (AvgIpc) is 3.17. The Morgan fingerprint density at radius 1 is 1.11 bits per heavy atom. The van der Waals surface area contributed by atoms with E-state index in [4.69, 9.17) is 0 Å². The highest BCUT2D eigenvalue weighted by Crippen LogP contribution is 2.37. The van der Waals surface area contributed by atoms with Gasteiger partial charge in [0.2, 0.25) is 0 Å². The van der Waals surface area contributed by atoms with Crippen LogP contribution in [0.25, 0.3) is 21.3 Å². The number of ketones is 1. The molecule has 0 aliphatic heterocycles. The van der Waals surface area contributed by atoms with Gasteiger partial charge >= 0.3 is 0 Å². The van der Waals surface area contributed by atoms with Crippen molar-refractivity contribution in [2.75, 3.05) is 5.75 Å². The third-order valence-electron chi connectivity index (χ3n) is 4.14. The van der Waals surface area contributed by atoms with Gasteiger partial charge in [0.05, 0.1) is 16.1 Å². The first-order valence-electron chi connectivity index (χ1n) is 8.31. The molecule has 0 aliphatic rings. The van der Waals surface area contributed by atoms with Crippen molar-refractivity contribution < 1.29 is 9.72 Å². The fourth-order valence-electron chi connectivity index (χ4n) is 2.80. The molecule has 0 amide bonds. The van der Waals surface area contributed by atoms with Crippen LogP contribution in [0, 0.1) is 10.1 Å². The molecule has 0 aliphatic carbocycles. The molecular formula is C20H13N3O3S2. The van der Waals surface area contributed by atoms with Crippen molar-refractivity contribution in [1.29, 1.82) is 0 Å². The van der Waals surface area contributed by atoms with Crippen molar-refractivity contribution in [3.63, 3.8) is 0 Å². The molecule has 0 unspecified atom stereocenters. The Bertz CT molecular complexity index is 1180. The lowest BCUT2D eigenvalue weighted by Crippen LogP contribution is -2.03. The Kier molecular flexibility index (Phi) is 5.14. The smallest absolute Gasteiger partial charge is 0.270 e. The molecule has 2 aromatic heterocycles. The minimum atomic E-state index is -0.505. The number of benzene rings is 2. The van der Waals surface area contributed by atoms with Crippen LogP contribution in [0.2, 0.25) is 0 Å². The topological polar surface area (TPSA) is 86.0 Å². The zero-order valence-corrected chi connectivity index (χ0v) is 16.1. The zero-order chi connectivity index (χ0) is 19.5. The highest BCUT2D eigenvalue weighted by atomic mass is 32.2. The van der Waals surface area contributed by atoms with E-state index in [-0.39, 0.29) is 17.2 Å². The summed E-state index contributed by atoms with van der Waals surface area (Å²) < 4.78 is 0. The molecule has 0 atom stereocenters. The highest BCUT2D eigenvalue weighted by Gasteiger charge is 2.16. The average molecular weight is 407 g/mol. The standard InChI is InChI=1S/C20H13N3O3S2/c24-17(14-7-4-8-15(9-14)23(25)26)11-28-20-18-16(13-5-2-1-3-6-13)10-27-19(18)21-12-22-20/h1-10,12H,11H2. The lowest BCUT2D eigenvalue weighted by atomic mass is 10.1. The molecule has 0 fully saturated rings. The summed E-state index contributed by atoms with van der Waals surface area (Å²) in [6, 6.07) is 15.7. The maximum atomic E-state index is 12.5. The number of nitrogens with zero attached hydrogens (tertiary/aromatic N) is 3. The third-order valence-corrected chi connectivity index (χ3v) is 6.02. The first kappa shape index (κ1) is 18.3. The van der Waals surface area contributed by atoms with E-state index < -0.39 is 4.92 Å². The highest BCUT2D eigenvalue weighted by molar-refractivity contribution is 8.00. The van der Waals surface area contributed by atoms with E-state index in [9.17, 15) is 14.9 Å².